The van der Waals surface area contributed by atoms with Crippen LogP contribution in [0.1, 0.15) is 25.0 Å². The van der Waals surface area contributed by atoms with Crippen molar-refractivity contribution in [2.75, 3.05) is 0 Å². The number of benzene rings is 1. The van der Waals surface area contributed by atoms with Crippen molar-refractivity contribution in [1.82, 2.24) is 5.32 Å². The minimum absolute atomic E-state index is 0.506. The molecule has 1 nitrogen and oxygen atoms in total. The Morgan fingerprint density at radius 1 is 1.14 bits per heavy atom. The highest BCUT2D eigenvalue weighted by Crippen LogP contribution is 2.34. The maximum absolute atomic E-state index is 3.48. The van der Waals surface area contributed by atoms with Gasteiger partial charge in [0.2, 0.25) is 0 Å². The second-order valence-corrected chi connectivity index (χ2v) is 5.26. The van der Waals surface area contributed by atoms with Crippen LogP contribution in [0.5, 0.6) is 0 Å². The molecule has 1 N–H and O–H groups in total. The zero-order chi connectivity index (χ0) is 10.1. The molecule has 0 saturated carbocycles. The van der Waals surface area contributed by atoms with Gasteiger partial charge in [-0.1, -0.05) is 29.8 Å². The zero-order valence-electron chi connectivity index (χ0n) is 8.79. The van der Waals surface area contributed by atoms with E-state index in [1.165, 1.54) is 21.7 Å². The monoisotopic (exact) mass is 205 g/mol. The number of rotatable bonds is 1. The summed E-state index contributed by atoms with van der Waals surface area (Å²) in [7, 11) is 0. The minimum atomic E-state index is 0.506. The van der Waals surface area contributed by atoms with Crippen molar-refractivity contribution in [3.63, 3.8) is 0 Å². The highest BCUT2D eigenvalue weighted by atomic mass is 32.2. The van der Waals surface area contributed by atoms with E-state index in [0.29, 0.717) is 5.37 Å². The van der Waals surface area contributed by atoms with Crippen LogP contribution in [0.3, 0.4) is 0 Å². The van der Waals surface area contributed by atoms with Crippen molar-refractivity contribution in [2.24, 2.45) is 0 Å². The predicted octanol–water partition coefficient (Wildman–Crippen LogP) is 3.37. The minimum Gasteiger partial charge on any atom is -0.372 e. The van der Waals surface area contributed by atoms with E-state index in [-0.39, 0.29) is 0 Å². The first kappa shape index (κ1) is 9.66. The van der Waals surface area contributed by atoms with E-state index in [2.05, 4.69) is 50.4 Å². The summed E-state index contributed by atoms with van der Waals surface area (Å²) in [6.45, 7) is 6.48. The molecule has 1 aromatic rings. The lowest BCUT2D eigenvalue weighted by Crippen LogP contribution is -2.15. The van der Waals surface area contributed by atoms with Gasteiger partial charge >= 0.3 is 0 Å². The molecule has 0 aliphatic carbocycles. The first-order valence-corrected chi connectivity index (χ1v) is 5.76. The molecule has 1 unspecified atom stereocenters. The molecule has 1 atom stereocenters. The van der Waals surface area contributed by atoms with Gasteiger partial charge in [0.05, 0.1) is 11.1 Å². The topological polar surface area (TPSA) is 12.0 Å². The Morgan fingerprint density at radius 3 is 2.29 bits per heavy atom. The summed E-state index contributed by atoms with van der Waals surface area (Å²) in [6.07, 6.45) is 0. The summed E-state index contributed by atoms with van der Waals surface area (Å²) in [5.41, 5.74) is 3.90. The number of hydrogen-bond donors (Lipinski definition) is 1. The molecular weight excluding hydrogens is 190 g/mol. The molecule has 1 aromatic carbocycles. The van der Waals surface area contributed by atoms with Crippen molar-refractivity contribution in [1.29, 1.82) is 0 Å². The van der Waals surface area contributed by atoms with E-state index in [0.717, 1.165) is 0 Å². The van der Waals surface area contributed by atoms with Gasteiger partial charge in [-0.25, -0.2) is 0 Å². The summed E-state index contributed by atoms with van der Waals surface area (Å²) in [6, 6.07) is 8.68. The van der Waals surface area contributed by atoms with Crippen LogP contribution in [0, 0.1) is 6.92 Å². The van der Waals surface area contributed by atoms with Crippen molar-refractivity contribution >= 4 is 17.5 Å². The van der Waals surface area contributed by atoms with Crippen molar-refractivity contribution < 1.29 is 0 Å². The summed E-state index contributed by atoms with van der Waals surface area (Å²) in [4.78, 5) is 1.39. The lowest BCUT2D eigenvalue weighted by Gasteiger charge is -2.07. The lowest BCUT2D eigenvalue weighted by molar-refractivity contribution is 0.891. The van der Waals surface area contributed by atoms with Crippen LogP contribution in [0.4, 0.5) is 0 Å². The highest BCUT2D eigenvalue weighted by Gasteiger charge is 2.18. The normalized spacial score (nSPS) is 21.2. The lowest BCUT2D eigenvalue weighted by atomic mass is 10.1. The van der Waals surface area contributed by atoms with Gasteiger partial charge in [-0.3, -0.25) is 0 Å². The molecule has 1 aliphatic rings. The fraction of sp³-hybridized carbons (Fsp3) is 0.333. The number of hydrogen-bond acceptors (Lipinski definition) is 2. The first-order valence-electron chi connectivity index (χ1n) is 4.88. The smallest absolute Gasteiger partial charge is 0.0738 e. The van der Waals surface area contributed by atoms with Gasteiger partial charge in [-0.15, -0.1) is 11.8 Å². The molecule has 2 rings (SSSR count). The highest BCUT2D eigenvalue weighted by molar-refractivity contribution is 8.04. The molecule has 0 spiro atoms. The van der Waals surface area contributed by atoms with E-state index < -0.39 is 0 Å². The molecule has 0 bridgehead atoms. The van der Waals surface area contributed by atoms with Crippen molar-refractivity contribution in [3.05, 3.63) is 40.3 Å². The summed E-state index contributed by atoms with van der Waals surface area (Å²) < 4.78 is 0. The molecule has 0 radical (unpaired) electrons. The first-order chi connectivity index (χ1) is 6.66. The Balaban J connectivity index is 2.32. The van der Waals surface area contributed by atoms with Crippen LogP contribution in [-0.2, 0) is 0 Å². The van der Waals surface area contributed by atoms with Gasteiger partial charge in [0.25, 0.3) is 0 Å². The van der Waals surface area contributed by atoms with E-state index in [4.69, 9.17) is 0 Å². The largest absolute Gasteiger partial charge is 0.372 e. The average molecular weight is 205 g/mol. The van der Waals surface area contributed by atoms with Gasteiger partial charge in [-0.05, 0) is 26.3 Å². The summed E-state index contributed by atoms with van der Waals surface area (Å²) in [5.74, 6) is 0. The van der Waals surface area contributed by atoms with E-state index in [9.17, 15) is 0 Å². The fourth-order valence-electron chi connectivity index (χ4n) is 1.67. The molecule has 14 heavy (non-hydrogen) atoms. The van der Waals surface area contributed by atoms with Crippen molar-refractivity contribution in [3.8, 4) is 0 Å². The molecular formula is C12H15NS. The Labute approximate surface area is 89.6 Å². The van der Waals surface area contributed by atoms with Gasteiger partial charge in [0.15, 0.2) is 0 Å². The number of nitrogens with one attached hydrogen (secondary N) is 1. The molecule has 0 saturated heterocycles. The molecule has 2 heteroatoms. The summed E-state index contributed by atoms with van der Waals surface area (Å²) in [5, 5.41) is 3.99. The van der Waals surface area contributed by atoms with Gasteiger partial charge in [0, 0.05) is 4.91 Å². The second kappa shape index (κ2) is 3.70. The molecule has 0 amide bonds. The summed E-state index contributed by atoms with van der Waals surface area (Å²) >= 11 is 1.90. The van der Waals surface area contributed by atoms with E-state index in [1.807, 2.05) is 11.8 Å². The number of aryl methyl sites for hydroxylation is 1. The SMILES string of the molecule is CC1=C(c2ccc(C)cc2)NC(C)S1. The second-order valence-electron chi connectivity index (χ2n) is 3.70. The van der Waals surface area contributed by atoms with Crippen molar-refractivity contribution in [2.45, 2.75) is 26.1 Å². The Kier molecular flexibility index (Phi) is 2.55. The molecule has 0 fully saturated rings. The molecule has 1 heterocycles. The van der Waals surface area contributed by atoms with Crippen LogP contribution in [0.25, 0.3) is 5.70 Å². The third-order valence-electron chi connectivity index (χ3n) is 2.39. The van der Waals surface area contributed by atoms with Crippen LogP contribution in [0.15, 0.2) is 29.2 Å². The third kappa shape index (κ3) is 1.80. The van der Waals surface area contributed by atoms with Gasteiger partial charge in [-0.2, -0.15) is 0 Å². The standard InChI is InChI=1S/C12H15NS/c1-8-4-6-11(7-5-8)12-9(2)14-10(3)13-12/h4-7,10,13H,1-3H3. The van der Waals surface area contributed by atoms with Gasteiger partial charge in [0.1, 0.15) is 0 Å². The molecule has 0 aromatic heterocycles. The fourth-order valence-corrected chi connectivity index (χ4v) is 2.67. The maximum Gasteiger partial charge on any atom is 0.0738 e. The number of thioether (sulfide) groups is 1. The predicted molar refractivity (Wildman–Crippen MR) is 64.0 cm³/mol. The van der Waals surface area contributed by atoms with Gasteiger partial charge < -0.3 is 5.32 Å². The van der Waals surface area contributed by atoms with Crippen LogP contribution in [-0.4, -0.2) is 5.37 Å². The Bertz CT molecular complexity index is 364. The van der Waals surface area contributed by atoms with Crippen LogP contribution < -0.4 is 5.32 Å². The van der Waals surface area contributed by atoms with E-state index in [1.54, 1.807) is 0 Å². The average Bonchev–Trinajstić information content (AvgIpc) is 2.47. The number of allylic oxidation sites excluding steroid dienone is 1. The van der Waals surface area contributed by atoms with E-state index >= 15 is 0 Å². The molecule has 1 aliphatic heterocycles. The zero-order valence-corrected chi connectivity index (χ0v) is 9.61. The maximum atomic E-state index is 3.48. The van der Waals surface area contributed by atoms with Crippen LogP contribution in [0.2, 0.25) is 0 Å². The third-order valence-corrected chi connectivity index (χ3v) is 3.42. The quantitative estimate of drug-likeness (QED) is 0.754. The Hall–Kier alpha value is -0.890. The van der Waals surface area contributed by atoms with Crippen LogP contribution >= 0.6 is 11.8 Å². The molecule has 74 valence electrons. The Morgan fingerprint density at radius 2 is 1.79 bits per heavy atom.